The van der Waals surface area contributed by atoms with Crippen molar-refractivity contribution in [2.24, 2.45) is 0 Å². The Bertz CT molecular complexity index is 525. The first-order valence-corrected chi connectivity index (χ1v) is 7.54. The zero-order valence-electron chi connectivity index (χ0n) is 10.5. The molecule has 0 aliphatic rings. The highest BCUT2D eigenvalue weighted by atomic mass is 79.9. The molecule has 0 radical (unpaired) electrons. The maximum absolute atomic E-state index is 4.53. The van der Waals surface area contributed by atoms with Crippen LogP contribution in [0.5, 0.6) is 0 Å². The molecule has 0 saturated carbocycles. The Balaban J connectivity index is 2.06. The predicted octanol–water partition coefficient (Wildman–Crippen LogP) is 4.07. The quantitative estimate of drug-likeness (QED) is 0.870. The van der Waals surface area contributed by atoms with Crippen molar-refractivity contribution in [3.05, 3.63) is 39.3 Å². The van der Waals surface area contributed by atoms with Gasteiger partial charge >= 0.3 is 0 Å². The largest absolute Gasteiger partial charge is 0.331 e. The summed E-state index contributed by atoms with van der Waals surface area (Å²) >= 11 is 5.18. The molecular formula is C13H16BrN3S. The average molecular weight is 326 g/mol. The van der Waals surface area contributed by atoms with Crippen LogP contribution >= 0.6 is 27.3 Å². The van der Waals surface area contributed by atoms with Gasteiger partial charge in [-0.1, -0.05) is 13.0 Å². The molecule has 0 fully saturated rings. The molecule has 1 aromatic carbocycles. The molecule has 0 aliphatic carbocycles. The number of aromatic nitrogens is 1. The van der Waals surface area contributed by atoms with Gasteiger partial charge in [0, 0.05) is 16.4 Å². The minimum atomic E-state index is 0.823. The number of nitrogens with zero attached hydrogens (tertiary/aromatic N) is 1. The minimum absolute atomic E-state index is 0.823. The summed E-state index contributed by atoms with van der Waals surface area (Å²) in [5, 5.41) is 9.60. The van der Waals surface area contributed by atoms with Gasteiger partial charge in [-0.05, 0) is 47.1 Å². The first kappa shape index (κ1) is 13.5. The van der Waals surface area contributed by atoms with E-state index < -0.39 is 0 Å². The summed E-state index contributed by atoms with van der Waals surface area (Å²) in [4.78, 5) is 4.53. The van der Waals surface area contributed by atoms with Crippen LogP contribution in [-0.4, -0.2) is 11.5 Å². The van der Waals surface area contributed by atoms with Crippen molar-refractivity contribution in [2.75, 3.05) is 11.9 Å². The minimum Gasteiger partial charge on any atom is -0.331 e. The summed E-state index contributed by atoms with van der Waals surface area (Å²) in [7, 11) is 0. The van der Waals surface area contributed by atoms with Crippen LogP contribution in [0.4, 0.5) is 10.8 Å². The molecule has 0 unspecified atom stereocenters. The van der Waals surface area contributed by atoms with Gasteiger partial charge in [0.2, 0.25) is 0 Å². The number of rotatable bonds is 5. The zero-order chi connectivity index (χ0) is 13.0. The Kier molecular flexibility index (Phi) is 4.74. The van der Waals surface area contributed by atoms with Crippen LogP contribution in [-0.2, 0) is 6.54 Å². The van der Waals surface area contributed by atoms with Crippen molar-refractivity contribution in [3.8, 4) is 0 Å². The Labute approximate surface area is 120 Å². The number of benzene rings is 1. The van der Waals surface area contributed by atoms with Crippen molar-refractivity contribution in [1.29, 1.82) is 0 Å². The van der Waals surface area contributed by atoms with Crippen molar-refractivity contribution < 1.29 is 0 Å². The average Bonchev–Trinajstić information content (AvgIpc) is 2.78. The monoisotopic (exact) mass is 325 g/mol. The number of nitrogens with one attached hydrogen (secondary N) is 2. The first-order chi connectivity index (χ1) is 8.69. The van der Waals surface area contributed by atoms with Crippen LogP contribution < -0.4 is 10.6 Å². The molecule has 0 aliphatic heterocycles. The molecule has 3 nitrogen and oxygen atoms in total. The van der Waals surface area contributed by atoms with Crippen LogP contribution in [0, 0.1) is 6.92 Å². The number of thiazole rings is 1. The number of anilines is 2. The molecular weight excluding hydrogens is 310 g/mol. The van der Waals surface area contributed by atoms with E-state index in [1.165, 1.54) is 5.56 Å². The maximum Gasteiger partial charge on any atom is 0.187 e. The molecule has 2 rings (SSSR count). The van der Waals surface area contributed by atoms with Crippen LogP contribution in [0.2, 0.25) is 0 Å². The predicted molar refractivity (Wildman–Crippen MR) is 81.7 cm³/mol. The van der Waals surface area contributed by atoms with E-state index in [4.69, 9.17) is 0 Å². The standard InChI is InChI=1S/C13H16BrN3S/c1-3-15-7-10-8-18-13(16-10)17-12-5-4-9(2)6-11(12)14/h4-6,8,15H,3,7H2,1-2H3,(H,16,17). The molecule has 0 atom stereocenters. The molecule has 2 aromatic rings. The van der Waals surface area contributed by atoms with Crippen molar-refractivity contribution in [1.82, 2.24) is 10.3 Å². The second-order valence-corrected chi connectivity index (χ2v) is 5.75. The van der Waals surface area contributed by atoms with Gasteiger partial charge < -0.3 is 10.6 Å². The summed E-state index contributed by atoms with van der Waals surface area (Å²) in [5.74, 6) is 0. The second kappa shape index (κ2) is 6.31. The van der Waals surface area contributed by atoms with E-state index in [0.29, 0.717) is 0 Å². The van der Waals surface area contributed by atoms with E-state index in [9.17, 15) is 0 Å². The van der Waals surface area contributed by atoms with Gasteiger partial charge in [-0.25, -0.2) is 4.98 Å². The van der Waals surface area contributed by atoms with Crippen LogP contribution in [0.3, 0.4) is 0 Å². The fourth-order valence-electron chi connectivity index (χ4n) is 1.54. The lowest BCUT2D eigenvalue weighted by molar-refractivity contribution is 0.715. The second-order valence-electron chi connectivity index (χ2n) is 4.03. The smallest absolute Gasteiger partial charge is 0.187 e. The number of aryl methyl sites for hydroxylation is 1. The summed E-state index contributed by atoms with van der Waals surface area (Å²) in [6, 6.07) is 6.24. The Morgan fingerprint density at radius 1 is 1.39 bits per heavy atom. The molecule has 2 N–H and O–H groups in total. The van der Waals surface area contributed by atoms with Gasteiger partial charge in [0.05, 0.1) is 11.4 Å². The molecule has 0 bridgehead atoms. The van der Waals surface area contributed by atoms with E-state index in [1.807, 2.05) is 0 Å². The van der Waals surface area contributed by atoms with E-state index in [2.05, 4.69) is 69.0 Å². The fraction of sp³-hybridized carbons (Fsp3) is 0.308. The lowest BCUT2D eigenvalue weighted by Crippen LogP contribution is -2.11. The highest BCUT2D eigenvalue weighted by Crippen LogP contribution is 2.28. The number of halogens is 1. The van der Waals surface area contributed by atoms with Crippen LogP contribution in [0.25, 0.3) is 0 Å². The fourth-order valence-corrected chi connectivity index (χ4v) is 2.85. The normalized spacial score (nSPS) is 10.6. The van der Waals surface area contributed by atoms with Gasteiger partial charge in [0.1, 0.15) is 0 Å². The Hall–Kier alpha value is -0.910. The van der Waals surface area contributed by atoms with E-state index in [0.717, 1.165) is 34.1 Å². The van der Waals surface area contributed by atoms with Crippen molar-refractivity contribution >= 4 is 38.1 Å². The van der Waals surface area contributed by atoms with Gasteiger partial charge in [0.25, 0.3) is 0 Å². The molecule has 5 heteroatoms. The molecule has 1 aromatic heterocycles. The zero-order valence-corrected chi connectivity index (χ0v) is 12.9. The third-order valence-corrected chi connectivity index (χ3v) is 3.94. The Morgan fingerprint density at radius 3 is 2.94 bits per heavy atom. The summed E-state index contributed by atoms with van der Waals surface area (Å²) in [5.41, 5.74) is 3.36. The van der Waals surface area contributed by atoms with Crippen molar-refractivity contribution in [3.63, 3.8) is 0 Å². The molecule has 18 heavy (non-hydrogen) atoms. The molecule has 0 spiro atoms. The van der Waals surface area contributed by atoms with Crippen molar-refractivity contribution in [2.45, 2.75) is 20.4 Å². The molecule has 96 valence electrons. The van der Waals surface area contributed by atoms with Gasteiger partial charge in [-0.3, -0.25) is 0 Å². The Morgan fingerprint density at radius 2 is 2.22 bits per heavy atom. The lowest BCUT2D eigenvalue weighted by atomic mass is 10.2. The third kappa shape index (κ3) is 3.54. The van der Waals surface area contributed by atoms with Gasteiger partial charge in [-0.2, -0.15) is 0 Å². The van der Waals surface area contributed by atoms with Crippen LogP contribution in [0.15, 0.2) is 28.1 Å². The van der Waals surface area contributed by atoms with E-state index in [-0.39, 0.29) is 0 Å². The number of hydrogen-bond donors (Lipinski definition) is 2. The molecule has 0 amide bonds. The summed E-state index contributed by atoms with van der Waals surface area (Å²) in [6.07, 6.45) is 0. The number of hydrogen-bond acceptors (Lipinski definition) is 4. The third-order valence-electron chi connectivity index (χ3n) is 2.47. The maximum atomic E-state index is 4.53. The highest BCUT2D eigenvalue weighted by molar-refractivity contribution is 9.10. The summed E-state index contributed by atoms with van der Waals surface area (Å²) in [6.45, 7) is 5.95. The topological polar surface area (TPSA) is 37.0 Å². The first-order valence-electron chi connectivity index (χ1n) is 5.87. The molecule has 0 saturated heterocycles. The van der Waals surface area contributed by atoms with Gasteiger partial charge in [0.15, 0.2) is 5.13 Å². The van der Waals surface area contributed by atoms with Gasteiger partial charge in [-0.15, -0.1) is 11.3 Å². The molecule has 1 heterocycles. The SMILES string of the molecule is CCNCc1csc(Nc2ccc(C)cc2Br)n1. The highest BCUT2D eigenvalue weighted by Gasteiger charge is 2.04. The van der Waals surface area contributed by atoms with E-state index in [1.54, 1.807) is 11.3 Å². The van der Waals surface area contributed by atoms with E-state index >= 15 is 0 Å². The summed E-state index contributed by atoms with van der Waals surface area (Å²) < 4.78 is 1.06. The van der Waals surface area contributed by atoms with Crippen LogP contribution in [0.1, 0.15) is 18.2 Å². The lowest BCUT2D eigenvalue weighted by Gasteiger charge is -2.06.